The van der Waals surface area contributed by atoms with Gasteiger partial charge in [0.25, 0.3) is 0 Å². The quantitative estimate of drug-likeness (QED) is 0.861. The Morgan fingerprint density at radius 1 is 1.04 bits per heavy atom. The second-order valence-electron chi connectivity index (χ2n) is 7.70. The monoisotopic (exact) mass is 324 g/mol. The minimum absolute atomic E-state index is 0.884. The van der Waals surface area contributed by atoms with Gasteiger partial charge in [-0.05, 0) is 43.4 Å². The van der Waals surface area contributed by atoms with Crippen LogP contribution in [0.15, 0.2) is 24.3 Å². The largest absolute Gasteiger partial charge is 0.362 e. The summed E-state index contributed by atoms with van der Waals surface area (Å²) in [4.78, 5) is 14.4. The fourth-order valence-corrected chi connectivity index (χ4v) is 4.54. The molecule has 0 bridgehead atoms. The number of para-hydroxylation sites is 1. The normalized spacial score (nSPS) is 24.8. The van der Waals surface area contributed by atoms with Gasteiger partial charge in [0.05, 0.1) is 12.1 Å². The van der Waals surface area contributed by atoms with Crippen molar-refractivity contribution in [2.75, 3.05) is 32.1 Å². The van der Waals surface area contributed by atoms with Gasteiger partial charge < -0.3 is 4.90 Å². The molecule has 4 nitrogen and oxygen atoms in total. The average Bonchev–Trinajstić information content (AvgIpc) is 2.61. The summed E-state index contributed by atoms with van der Waals surface area (Å²) in [6, 6.07) is 8.33. The van der Waals surface area contributed by atoms with E-state index >= 15 is 0 Å². The van der Waals surface area contributed by atoms with E-state index in [9.17, 15) is 0 Å². The van der Waals surface area contributed by atoms with Crippen LogP contribution in [0.25, 0.3) is 10.9 Å². The summed E-state index contributed by atoms with van der Waals surface area (Å²) in [6.07, 6.45) is 7.10. The Hall–Kier alpha value is -1.68. The summed E-state index contributed by atoms with van der Waals surface area (Å²) in [6.45, 7) is 3.32. The van der Waals surface area contributed by atoms with Crippen LogP contribution < -0.4 is 4.90 Å². The van der Waals surface area contributed by atoms with Gasteiger partial charge in [0.1, 0.15) is 11.6 Å². The van der Waals surface area contributed by atoms with Crippen LogP contribution >= 0.6 is 0 Å². The minimum atomic E-state index is 0.884. The third-order valence-electron chi connectivity index (χ3n) is 5.79. The van der Waals surface area contributed by atoms with Crippen LogP contribution in [-0.4, -0.2) is 42.1 Å². The zero-order valence-corrected chi connectivity index (χ0v) is 14.9. The van der Waals surface area contributed by atoms with Crippen molar-refractivity contribution in [2.24, 2.45) is 11.8 Å². The highest BCUT2D eigenvalue weighted by Crippen LogP contribution is 2.36. The van der Waals surface area contributed by atoms with Crippen molar-refractivity contribution in [3.8, 4) is 0 Å². The lowest BCUT2D eigenvalue weighted by Crippen LogP contribution is -2.41. The fourth-order valence-electron chi connectivity index (χ4n) is 4.54. The molecule has 2 aliphatic rings. The maximum absolute atomic E-state index is 4.87. The van der Waals surface area contributed by atoms with E-state index in [2.05, 4.69) is 48.2 Å². The first-order valence-corrected chi connectivity index (χ1v) is 9.36. The molecule has 0 unspecified atom stereocenters. The number of anilines is 1. The summed E-state index contributed by atoms with van der Waals surface area (Å²) in [5.41, 5.74) is 1.05. The molecular formula is C20H28N4. The predicted molar refractivity (Wildman–Crippen MR) is 99.2 cm³/mol. The lowest BCUT2D eigenvalue weighted by atomic mass is 9.75. The molecule has 1 aliphatic heterocycles. The second kappa shape index (κ2) is 6.67. The number of benzene rings is 1. The Labute approximate surface area is 144 Å². The van der Waals surface area contributed by atoms with Gasteiger partial charge in [-0.2, -0.15) is 0 Å². The third-order valence-corrected chi connectivity index (χ3v) is 5.79. The van der Waals surface area contributed by atoms with Crippen LogP contribution in [0.4, 0.5) is 5.82 Å². The highest BCUT2D eigenvalue weighted by molar-refractivity contribution is 5.89. The molecule has 2 fully saturated rings. The van der Waals surface area contributed by atoms with Crippen LogP contribution in [0, 0.1) is 11.8 Å². The number of rotatable bonds is 3. The summed E-state index contributed by atoms with van der Waals surface area (Å²) >= 11 is 0. The minimum Gasteiger partial charge on any atom is -0.362 e. The van der Waals surface area contributed by atoms with E-state index in [1.807, 2.05) is 0 Å². The number of fused-ring (bicyclic) bond motifs is 2. The number of hydrogen-bond acceptors (Lipinski definition) is 4. The van der Waals surface area contributed by atoms with Gasteiger partial charge in [0.2, 0.25) is 0 Å². The van der Waals surface area contributed by atoms with Crippen molar-refractivity contribution in [2.45, 2.75) is 38.6 Å². The Morgan fingerprint density at radius 3 is 2.67 bits per heavy atom. The van der Waals surface area contributed by atoms with Crippen LogP contribution in [0.5, 0.6) is 0 Å². The van der Waals surface area contributed by atoms with Crippen molar-refractivity contribution in [1.82, 2.24) is 14.9 Å². The summed E-state index contributed by atoms with van der Waals surface area (Å²) in [5.74, 6) is 3.88. The van der Waals surface area contributed by atoms with Gasteiger partial charge in [0.15, 0.2) is 0 Å². The van der Waals surface area contributed by atoms with Crippen molar-refractivity contribution < 1.29 is 0 Å². The molecule has 0 amide bonds. The fraction of sp³-hybridized carbons (Fsp3) is 0.600. The van der Waals surface area contributed by atoms with Crippen molar-refractivity contribution in [3.05, 3.63) is 30.1 Å². The SMILES string of the molecule is CN(C)c1nc(CN2CC[C@@H]3CCCC[C@H]3C2)nc2ccccc12. The highest BCUT2D eigenvalue weighted by Gasteiger charge is 2.31. The van der Waals surface area contributed by atoms with E-state index in [4.69, 9.17) is 9.97 Å². The third kappa shape index (κ3) is 3.12. The Kier molecular flexibility index (Phi) is 4.40. The molecule has 1 aliphatic carbocycles. The van der Waals surface area contributed by atoms with Crippen molar-refractivity contribution in [3.63, 3.8) is 0 Å². The van der Waals surface area contributed by atoms with E-state index < -0.39 is 0 Å². The molecule has 1 saturated heterocycles. The molecule has 0 N–H and O–H groups in total. The number of piperidine rings is 1. The van der Waals surface area contributed by atoms with Gasteiger partial charge in [-0.25, -0.2) is 9.97 Å². The Morgan fingerprint density at radius 2 is 1.83 bits per heavy atom. The molecule has 1 aromatic carbocycles. The summed E-state index contributed by atoms with van der Waals surface area (Å²) in [5, 5.41) is 1.14. The molecule has 2 atom stereocenters. The average molecular weight is 324 g/mol. The molecule has 1 aromatic heterocycles. The maximum Gasteiger partial charge on any atom is 0.145 e. The first-order chi connectivity index (χ1) is 11.7. The first kappa shape index (κ1) is 15.8. The highest BCUT2D eigenvalue weighted by atomic mass is 15.2. The van der Waals surface area contributed by atoms with E-state index in [0.29, 0.717) is 0 Å². The summed E-state index contributed by atoms with van der Waals surface area (Å²) in [7, 11) is 4.12. The molecule has 1 saturated carbocycles. The first-order valence-electron chi connectivity index (χ1n) is 9.36. The molecule has 0 radical (unpaired) electrons. The van der Waals surface area contributed by atoms with Gasteiger partial charge in [-0.3, -0.25) is 4.90 Å². The molecule has 24 heavy (non-hydrogen) atoms. The smallest absolute Gasteiger partial charge is 0.145 e. The van der Waals surface area contributed by atoms with Gasteiger partial charge in [0, 0.05) is 26.0 Å². The molecule has 4 heteroatoms. The standard InChI is InChI=1S/C20H28N4/c1-23(2)20-17-9-5-6-10-18(17)21-19(22-20)14-24-12-11-15-7-3-4-8-16(15)13-24/h5-6,9-10,15-16H,3-4,7-8,11-14H2,1-2H3/t15-,16-/m0/s1. The number of nitrogens with zero attached hydrogens (tertiary/aromatic N) is 4. The zero-order valence-electron chi connectivity index (χ0n) is 14.9. The van der Waals surface area contributed by atoms with E-state index in [1.54, 1.807) is 0 Å². The molecule has 4 rings (SSSR count). The lowest BCUT2D eigenvalue weighted by Gasteiger charge is -2.41. The molecular weight excluding hydrogens is 296 g/mol. The van der Waals surface area contributed by atoms with E-state index in [-0.39, 0.29) is 0 Å². The van der Waals surface area contributed by atoms with Crippen LogP contribution in [0.2, 0.25) is 0 Å². The van der Waals surface area contributed by atoms with Crippen LogP contribution in [-0.2, 0) is 6.54 Å². The topological polar surface area (TPSA) is 32.3 Å². The Bertz CT molecular complexity index is 712. The van der Waals surface area contributed by atoms with Gasteiger partial charge >= 0.3 is 0 Å². The Balaban J connectivity index is 1.56. The van der Waals surface area contributed by atoms with E-state index in [0.717, 1.165) is 40.9 Å². The van der Waals surface area contributed by atoms with Gasteiger partial charge in [-0.15, -0.1) is 0 Å². The predicted octanol–water partition coefficient (Wildman–Crippen LogP) is 3.71. The molecule has 2 aromatic rings. The number of aromatic nitrogens is 2. The van der Waals surface area contributed by atoms with Crippen LogP contribution in [0.3, 0.4) is 0 Å². The van der Waals surface area contributed by atoms with E-state index in [1.165, 1.54) is 45.2 Å². The lowest BCUT2D eigenvalue weighted by molar-refractivity contribution is 0.0804. The second-order valence-corrected chi connectivity index (χ2v) is 7.70. The zero-order chi connectivity index (χ0) is 16.5. The number of likely N-dealkylation sites (tertiary alicyclic amines) is 1. The molecule has 0 spiro atoms. The maximum atomic E-state index is 4.87. The van der Waals surface area contributed by atoms with Crippen molar-refractivity contribution >= 4 is 16.7 Å². The van der Waals surface area contributed by atoms with Crippen LogP contribution in [0.1, 0.15) is 37.9 Å². The molecule has 128 valence electrons. The number of hydrogen-bond donors (Lipinski definition) is 0. The van der Waals surface area contributed by atoms with Gasteiger partial charge in [-0.1, -0.05) is 31.4 Å². The molecule has 2 heterocycles. The van der Waals surface area contributed by atoms with Crippen molar-refractivity contribution in [1.29, 1.82) is 0 Å². The summed E-state index contributed by atoms with van der Waals surface area (Å²) < 4.78 is 0.